The number of nitriles is 1. The lowest BCUT2D eigenvalue weighted by Crippen LogP contribution is -2.40. The Kier molecular flexibility index (Phi) is 5.58. The standard InChI is InChI=1S/C23H20ClN3O3/c24-18-7-5-17(6-8-18)20-21(26-11-1-2-16(13-26)14-28)23(30)27(22(20)29)19-9-3-15(12-25)4-10-19/h3-10,16,28H,1-2,11,13-14H2. The molecule has 0 aromatic heterocycles. The maximum atomic E-state index is 13.5. The Morgan fingerprint density at radius 2 is 1.77 bits per heavy atom. The number of amides is 2. The molecule has 2 aliphatic rings. The number of anilines is 1. The lowest BCUT2D eigenvalue weighted by molar-refractivity contribution is -0.120. The molecule has 1 unspecified atom stereocenters. The molecule has 2 aromatic carbocycles. The summed E-state index contributed by atoms with van der Waals surface area (Å²) in [5, 5.41) is 19.2. The molecule has 2 aliphatic heterocycles. The van der Waals surface area contributed by atoms with Crippen molar-refractivity contribution in [2.75, 3.05) is 24.6 Å². The first kappa shape index (κ1) is 20.1. The maximum Gasteiger partial charge on any atom is 0.282 e. The average Bonchev–Trinajstić information content (AvgIpc) is 3.04. The van der Waals surface area contributed by atoms with Gasteiger partial charge in [0, 0.05) is 24.7 Å². The summed E-state index contributed by atoms with van der Waals surface area (Å²) in [6.07, 6.45) is 1.72. The number of likely N-dealkylation sites (tertiary alicyclic amines) is 1. The summed E-state index contributed by atoms with van der Waals surface area (Å²) in [4.78, 5) is 30.0. The summed E-state index contributed by atoms with van der Waals surface area (Å²) in [6, 6.07) is 15.3. The van der Waals surface area contributed by atoms with Crippen molar-refractivity contribution in [1.29, 1.82) is 5.26 Å². The van der Waals surface area contributed by atoms with E-state index >= 15 is 0 Å². The third-order valence-electron chi connectivity index (χ3n) is 5.54. The number of aliphatic hydroxyl groups excluding tert-OH is 1. The highest BCUT2D eigenvalue weighted by atomic mass is 35.5. The van der Waals surface area contributed by atoms with Crippen LogP contribution in [0.5, 0.6) is 0 Å². The van der Waals surface area contributed by atoms with E-state index in [2.05, 4.69) is 0 Å². The molecular weight excluding hydrogens is 402 g/mol. The van der Waals surface area contributed by atoms with Gasteiger partial charge in [-0.1, -0.05) is 23.7 Å². The second kappa shape index (κ2) is 8.31. The number of carbonyl (C=O) groups excluding carboxylic acids is 2. The Morgan fingerprint density at radius 1 is 1.07 bits per heavy atom. The molecule has 2 aromatic rings. The molecule has 1 fully saturated rings. The van der Waals surface area contributed by atoms with E-state index in [0.29, 0.717) is 46.2 Å². The number of halogens is 1. The number of benzene rings is 2. The van der Waals surface area contributed by atoms with Gasteiger partial charge in [0.25, 0.3) is 11.8 Å². The van der Waals surface area contributed by atoms with Crippen LogP contribution in [0.3, 0.4) is 0 Å². The van der Waals surface area contributed by atoms with Crippen LogP contribution in [0.15, 0.2) is 54.2 Å². The van der Waals surface area contributed by atoms with E-state index < -0.39 is 11.8 Å². The summed E-state index contributed by atoms with van der Waals surface area (Å²) in [6.45, 7) is 1.20. The zero-order chi connectivity index (χ0) is 21.3. The highest BCUT2D eigenvalue weighted by Crippen LogP contribution is 2.36. The molecule has 2 heterocycles. The van der Waals surface area contributed by atoms with Gasteiger partial charge in [-0.3, -0.25) is 9.59 Å². The fourth-order valence-corrected chi connectivity index (χ4v) is 4.15. The third kappa shape index (κ3) is 3.58. The molecular formula is C23H20ClN3O3. The molecule has 1 N–H and O–H groups in total. The predicted molar refractivity (Wildman–Crippen MR) is 113 cm³/mol. The zero-order valence-corrected chi connectivity index (χ0v) is 17.0. The van der Waals surface area contributed by atoms with Crippen LogP contribution in [-0.2, 0) is 9.59 Å². The molecule has 0 bridgehead atoms. The zero-order valence-electron chi connectivity index (χ0n) is 16.2. The Balaban J connectivity index is 1.79. The molecule has 2 amide bonds. The molecule has 6 nitrogen and oxygen atoms in total. The van der Waals surface area contributed by atoms with Crippen molar-refractivity contribution < 1.29 is 14.7 Å². The van der Waals surface area contributed by atoms with Crippen LogP contribution in [0.25, 0.3) is 5.57 Å². The molecule has 0 spiro atoms. The molecule has 0 saturated carbocycles. The van der Waals surface area contributed by atoms with Gasteiger partial charge in [-0.2, -0.15) is 5.26 Å². The van der Waals surface area contributed by atoms with Gasteiger partial charge in [-0.25, -0.2) is 4.90 Å². The second-order valence-electron chi connectivity index (χ2n) is 7.47. The summed E-state index contributed by atoms with van der Waals surface area (Å²) in [5.74, 6) is -0.744. The van der Waals surface area contributed by atoms with Gasteiger partial charge in [0.05, 0.1) is 22.9 Å². The first-order valence-electron chi connectivity index (χ1n) is 9.78. The highest BCUT2D eigenvalue weighted by molar-refractivity contribution is 6.45. The van der Waals surface area contributed by atoms with Crippen molar-refractivity contribution in [2.45, 2.75) is 12.8 Å². The van der Waals surface area contributed by atoms with E-state index in [1.165, 1.54) is 0 Å². The fraction of sp³-hybridized carbons (Fsp3) is 0.261. The molecule has 0 aliphatic carbocycles. The van der Waals surface area contributed by atoms with Gasteiger partial charge >= 0.3 is 0 Å². The maximum absolute atomic E-state index is 13.5. The summed E-state index contributed by atoms with van der Waals surface area (Å²) >= 11 is 6.02. The van der Waals surface area contributed by atoms with Crippen LogP contribution in [-0.4, -0.2) is 41.5 Å². The smallest absolute Gasteiger partial charge is 0.282 e. The van der Waals surface area contributed by atoms with E-state index in [1.807, 2.05) is 11.0 Å². The summed E-state index contributed by atoms with van der Waals surface area (Å²) in [5.41, 5.74) is 2.17. The van der Waals surface area contributed by atoms with Gasteiger partial charge in [0.15, 0.2) is 0 Å². The monoisotopic (exact) mass is 421 g/mol. The normalized spacial score (nSPS) is 19.4. The lowest BCUT2D eigenvalue weighted by Gasteiger charge is -2.34. The second-order valence-corrected chi connectivity index (χ2v) is 7.91. The van der Waals surface area contributed by atoms with Crippen molar-refractivity contribution >= 4 is 34.7 Å². The minimum atomic E-state index is -0.409. The first-order valence-corrected chi connectivity index (χ1v) is 10.2. The Bertz CT molecular complexity index is 1050. The van der Waals surface area contributed by atoms with Gasteiger partial charge in [0.1, 0.15) is 5.70 Å². The van der Waals surface area contributed by atoms with Gasteiger partial charge < -0.3 is 10.0 Å². The minimum absolute atomic E-state index is 0.0432. The Hall–Kier alpha value is -3.14. The van der Waals surface area contributed by atoms with Crippen LogP contribution in [0.2, 0.25) is 5.02 Å². The molecule has 152 valence electrons. The number of imide groups is 1. The Labute approximate surface area is 179 Å². The topological polar surface area (TPSA) is 84.6 Å². The average molecular weight is 422 g/mol. The fourth-order valence-electron chi connectivity index (χ4n) is 4.03. The number of carbonyl (C=O) groups is 2. The number of nitrogens with zero attached hydrogens (tertiary/aromatic N) is 3. The van der Waals surface area contributed by atoms with Crippen LogP contribution >= 0.6 is 11.6 Å². The van der Waals surface area contributed by atoms with E-state index in [9.17, 15) is 14.7 Å². The SMILES string of the molecule is N#Cc1ccc(N2C(=O)C(c3ccc(Cl)cc3)=C(N3CCCC(CO)C3)C2=O)cc1. The van der Waals surface area contributed by atoms with Crippen molar-refractivity contribution in [3.63, 3.8) is 0 Å². The first-order chi connectivity index (χ1) is 14.5. The largest absolute Gasteiger partial charge is 0.396 e. The van der Waals surface area contributed by atoms with E-state index in [0.717, 1.165) is 17.7 Å². The molecule has 30 heavy (non-hydrogen) atoms. The number of hydrogen-bond acceptors (Lipinski definition) is 5. The quantitative estimate of drug-likeness (QED) is 0.766. The lowest BCUT2D eigenvalue weighted by atomic mass is 9.97. The molecule has 1 saturated heterocycles. The summed E-state index contributed by atoms with van der Waals surface area (Å²) < 4.78 is 0. The number of rotatable bonds is 4. The van der Waals surface area contributed by atoms with E-state index in [4.69, 9.17) is 16.9 Å². The molecule has 7 heteroatoms. The van der Waals surface area contributed by atoms with Crippen molar-refractivity contribution in [3.05, 3.63) is 70.4 Å². The van der Waals surface area contributed by atoms with Crippen molar-refractivity contribution in [1.82, 2.24) is 4.90 Å². The van der Waals surface area contributed by atoms with E-state index in [-0.39, 0.29) is 12.5 Å². The van der Waals surface area contributed by atoms with Crippen LogP contribution in [0, 0.1) is 17.2 Å². The molecule has 1 atom stereocenters. The number of hydrogen-bond donors (Lipinski definition) is 1. The molecule has 4 rings (SSSR count). The molecule has 0 radical (unpaired) electrons. The minimum Gasteiger partial charge on any atom is -0.396 e. The van der Waals surface area contributed by atoms with Gasteiger partial charge in [0.2, 0.25) is 0 Å². The number of piperidine rings is 1. The van der Waals surface area contributed by atoms with Crippen molar-refractivity contribution in [3.8, 4) is 6.07 Å². The predicted octanol–water partition coefficient (Wildman–Crippen LogP) is 3.20. The highest BCUT2D eigenvalue weighted by Gasteiger charge is 2.43. The van der Waals surface area contributed by atoms with Crippen LogP contribution in [0.4, 0.5) is 5.69 Å². The third-order valence-corrected chi connectivity index (χ3v) is 5.79. The summed E-state index contributed by atoms with van der Waals surface area (Å²) in [7, 11) is 0. The Morgan fingerprint density at radius 3 is 2.40 bits per heavy atom. The van der Waals surface area contributed by atoms with Crippen LogP contribution in [0.1, 0.15) is 24.0 Å². The van der Waals surface area contributed by atoms with Crippen LogP contribution < -0.4 is 4.90 Å². The van der Waals surface area contributed by atoms with E-state index in [1.54, 1.807) is 48.5 Å². The van der Waals surface area contributed by atoms with Crippen molar-refractivity contribution in [2.24, 2.45) is 5.92 Å². The van der Waals surface area contributed by atoms with Gasteiger partial charge in [-0.15, -0.1) is 0 Å². The van der Waals surface area contributed by atoms with Gasteiger partial charge in [-0.05, 0) is 60.7 Å². The number of aliphatic hydroxyl groups is 1.